The fourth-order valence-corrected chi connectivity index (χ4v) is 2.76. The number of amides is 1. The fraction of sp³-hybridized carbons (Fsp3) is 0.190. The molecule has 3 aromatic rings. The summed E-state index contributed by atoms with van der Waals surface area (Å²) in [7, 11) is 2.80. The maximum atomic E-state index is 12.3. The number of hydrogen-bond acceptors (Lipinski definition) is 5. The van der Waals surface area contributed by atoms with Gasteiger partial charge in [-0.3, -0.25) is 4.79 Å². The minimum Gasteiger partial charge on any atom is -0.496 e. The summed E-state index contributed by atoms with van der Waals surface area (Å²) in [5, 5.41) is 7.14. The molecule has 0 saturated carbocycles. The van der Waals surface area contributed by atoms with Gasteiger partial charge in [0.05, 0.1) is 32.5 Å². The second kappa shape index (κ2) is 8.85. The van der Waals surface area contributed by atoms with Crippen molar-refractivity contribution >= 4 is 11.9 Å². The SMILES string of the molecule is COC(=O)c1cc(CNC(=O)Cc2cnn(-c3ccccc3)c2)ccc1OC. The summed E-state index contributed by atoms with van der Waals surface area (Å²) in [5.41, 5.74) is 2.84. The van der Waals surface area contributed by atoms with Crippen LogP contribution < -0.4 is 10.1 Å². The summed E-state index contributed by atoms with van der Waals surface area (Å²) in [4.78, 5) is 24.1. The van der Waals surface area contributed by atoms with Crippen molar-refractivity contribution in [1.82, 2.24) is 15.1 Å². The molecule has 1 N–H and O–H groups in total. The molecule has 0 saturated heterocycles. The normalized spacial score (nSPS) is 10.4. The van der Waals surface area contributed by atoms with Gasteiger partial charge in [0.15, 0.2) is 0 Å². The molecule has 7 heteroatoms. The third kappa shape index (κ3) is 4.56. The lowest BCUT2D eigenvalue weighted by Gasteiger charge is -2.10. The molecule has 0 atom stereocenters. The van der Waals surface area contributed by atoms with Gasteiger partial charge >= 0.3 is 5.97 Å². The van der Waals surface area contributed by atoms with Crippen molar-refractivity contribution in [1.29, 1.82) is 0 Å². The van der Waals surface area contributed by atoms with E-state index in [2.05, 4.69) is 10.4 Å². The molecule has 28 heavy (non-hydrogen) atoms. The lowest BCUT2D eigenvalue weighted by atomic mass is 10.1. The number of methoxy groups -OCH3 is 2. The highest BCUT2D eigenvalue weighted by Crippen LogP contribution is 2.20. The Bertz CT molecular complexity index is 967. The summed E-state index contributed by atoms with van der Waals surface area (Å²) in [5.74, 6) is -0.198. The Labute approximate surface area is 162 Å². The van der Waals surface area contributed by atoms with Crippen molar-refractivity contribution < 1.29 is 19.1 Å². The highest BCUT2D eigenvalue weighted by atomic mass is 16.5. The van der Waals surface area contributed by atoms with Crippen LogP contribution in [0.15, 0.2) is 60.9 Å². The second-order valence-electron chi connectivity index (χ2n) is 6.11. The Morgan fingerprint density at radius 1 is 1.07 bits per heavy atom. The van der Waals surface area contributed by atoms with E-state index in [1.807, 2.05) is 36.5 Å². The van der Waals surface area contributed by atoms with E-state index in [0.717, 1.165) is 16.8 Å². The Morgan fingerprint density at radius 3 is 2.57 bits per heavy atom. The van der Waals surface area contributed by atoms with E-state index in [1.54, 1.807) is 29.1 Å². The zero-order chi connectivity index (χ0) is 19.9. The molecule has 0 radical (unpaired) electrons. The molecule has 3 rings (SSSR count). The quantitative estimate of drug-likeness (QED) is 0.638. The highest BCUT2D eigenvalue weighted by Gasteiger charge is 2.14. The van der Waals surface area contributed by atoms with E-state index in [1.165, 1.54) is 14.2 Å². The first kappa shape index (κ1) is 19.2. The Kier molecular flexibility index (Phi) is 6.06. The number of carbonyl (C=O) groups is 2. The molecule has 0 unspecified atom stereocenters. The highest BCUT2D eigenvalue weighted by molar-refractivity contribution is 5.92. The van der Waals surface area contributed by atoms with Gasteiger partial charge in [0, 0.05) is 12.7 Å². The molecule has 0 aliphatic rings. The first-order chi connectivity index (χ1) is 13.6. The molecule has 0 bridgehead atoms. The predicted molar refractivity (Wildman–Crippen MR) is 103 cm³/mol. The number of benzene rings is 2. The monoisotopic (exact) mass is 379 g/mol. The average molecular weight is 379 g/mol. The van der Waals surface area contributed by atoms with Crippen LogP contribution in [0.5, 0.6) is 5.75 Å². The van der Waals surface area contributed by atoms with Gasteiger partial charge in [-0.05, 0) is 35.4 Å². The number of carbonyl (C=O) groups excluding carboxylic acids is 2. The number of hydrogen-bond donors (Lipinski definition) is 1. The van der Waals surface area contributed by atoms with Crippen molar-refractivity contribution in [3.63, 3.8) is 0 Å². The molecule has 0 spiro atoms. The molecule has 1 amide bonds. The van der Waals surface area contributed by atoms with Crippen LogP contribution >= 0.6 is 0 Å². The summed E-state index contributed by atoms with van der Waals surface area (Å²) in [6.07, 6.45) is 3.72. The van der Waals surface area contributed by atoms with Gasteiger partial charge in [-0.15, -0.1) is 0 Å². The summed E-state index contributed by atoms with van der Waals surface area (Å²) in [6.45, 7) is 0.291. The summed E-state index contributed by atoms with van der Waals surface area (Å²) < 4.78 is 11.7. The van der Waals surface area contributed by atoms with Crippen LogP contribution in [-0.2, 0) is 22.5 Å². The predicted octanol–water partition coefficient (Wildman–Crippen LogP) is 2.53. The zero-order valence-corrected chi connectivity index (χ0v) is 15.7. The van der Waals surface area contributed by atoms with Crippen LogP contribution in [0.3, 0.4) is 0 Å². The third-order valence-corrected chi connectivity index (χ3v) is 4.18. The van der Waals surface area contributed by atoms with E-state index in [9.17, 15) is 9.59 Å². The van der Waals surface area contributed by atoms with E-state index in [0.29, 0.717) is 17.9 Å². The van der Waals surface area contributed by atoms with Crippen LogP contribution in [0.1, 0.15) is 21.5 Å². The van der Waals surface area contributed by atoms with Crippen molar-refractivity contribution in [2.24, 2.45) is 0 Å². The van der Waals surface area contributed by atoms with Gasteiger partial charge in [-0.25, -0.2) is 9.48 Å². The number of para-hydroxylation sites is 1. The fourth-order valence-electron chi connectivity index (χ4n) is 2.76. The van der Waals surface area contributed by atoms with Crippen molar-refractivity contribution in [3.05, 3.63) is 77.6 Å². The first-order valence-electron chi connectivity index (χ1n) is 8.71. The van der Waals surface area contributed by atoms with E-state index in [-0.39, 0.29) is 12.3 Å². The topological polar surface area (TPSA) is 82.5 Å². The summed E-state index contributed by atoms with van der Waals surface area (Å²) in [6, 6.07) is 14.8. The van der Waals surface area contributed by atoms with E-state index < -0.39 is 5.97 Å². The van der Waals surface area contributed by atoms with Crippen LogP contribution in [0.4, 0.5) is 0 Å². The smallest absolute Gasteiger partial charge is 0.341 e. The number of ether oxygens (including phenoxy) is 2. The number of nitrogens with zero attached hydrogens (tertiary/aromatic N) is 2. The molecule has 1 heterocycles. The molecule has 1 aromatic heterocycles. The molecular weight excluding hydrogens is 358 g/mol. The molecular formula is C21H21N3O4. The number of aromatic nitrogens is 2. The van der Waals surface area contributed by atoms with Crippen LogP contribution in [0, 0.1) is 0 Å². The summed E-state index contributed by atoms with van der Waals surface area (Å²) >= 11 is 0. The van der Waals surface area contributed by atoms with Crippen molar-refractivity contribution in [2.75, 3.05) is 14.2 Å². The molecule has 144 valence electrons. The lowest BCUT2D eigenvalue weighted by Crippen LogP contribution is -2.24. The molecule has 0 aliphatic heterocycles. The molecule has 2 aromatic carbocycles. The van der Waals surface area contributed by atoms with Gasteiger partial charge < -0.3 is 14.8 Å². The van der Waals surface area contributed by atoms with Crippen LogP contribution in [-0.4, -0.2) is 35.9 Å². The maximum Gasteiger partial charge on any atom is 0.341 e. The number of esters is 1. The van der Waals surface area contributed by atoms with Gasteiger partial charge in [0.2, 0.25) is 5.91 Å². The average Bonchev–Trinajstić information content (AvgIpc) is 3.20. The molecule has 0 fully saturated rings. The van der Waals surface area contributed by atoms with E-state index in [4.69, 9.17) is 9.47 Å². The van der Waals surface area contributed by atoms with Gasteiger partial charge in [-0.1, -0.05) is 24.3 Å². The molecule has 0 aliphatic carbocycles. The van der Waals surface area contributed by atoms with Crippen LogP contribution in [0.25, 0.3) is 5.69 Å². The first-order valence-corrected chi connectivity index (χ1v) is 8.71. The largest absolute Gasteiger partial charge is 0.496 e. The number of rotatable bonds is 7. The third-order valence-electron chi connectivity index (χ3n) is 4.18. The van der Waals surface area contributed by atoms with Gasteiger partial charge in [0.25, 0.3) is 0 Å². The van der Waals surface area contributed by atoms with Crippen LogP contribution in [0.2, 0.25) is 0 Å². The lowest BCUT2D eigenvalue weighted by molar-refractivity contribution is -0.120. The maximum absolute atomic E-state index is 12.3. The minimum atomic E-state index is -0.488. The van der Waals surface area contributed by atoms with Crippen molar-refractivity contribution in [2.45, 2.75) is 13.0 Å². The Morgan fingerprint density at radius 2 is 1.86 bits per heavy atom. The minimum absolute atomic E-state index is 0.136. The van der Waals surface area contributed by atoms with Gasteiger partial charge in [-0.2, -0.15) is 5.10 Å². The Balaban J connectivity index is 1.60. The molecule has 7 nitrogen and oxygen atoms in total. The number of nitrogens with one attached hydrogen (secondary N) is 1. The standard InChI is InChI=1S/C21H21N3O4/c1-27-19-9-8-15(10-18(19)21(26)28-2)12-22-20(25)11-16-13-23-24(14-16)17-6-4-3-5-7-17/h3-10,13-14H,11-12H2,1-2H3,(H,22,25). The van der Waals surface area contributed by atoms with E-state index >= 15 is 0 Å². The van der Waals surface area contributed by atoms with Gasteiger partial charge in [0.1, 0.15) is 11.3 Å². The zero-order valence-electron chi connectivity index (χ0n) is 15.7. The Hall–Kier alpha value is -3.61. The van der Waals surface area contributed by atoms with Crippen molar-refractivity contribution in [3.8, 4) is 11.4 Å². The second-order valence-corrected chi connectivity index (χ2v) is 6.11.